The van der Waals surface area contributed by atoms with Gasteiger partial charge in [0.05, 0.1) is 26.4 Å². The van der Waals surface area contributed by atoms with Crippen molar-refractivity contribution in [1.82, 2.24) is 0 Å². The van der Waals surface area contributed by atoms with Gasteiger partial charge in [0.15, 0.2) is 24.4 Å². The van der Waals surface area contributed by atoms with Gasteiger partial charge < -0.3 is 59.8 Å². The summed E-state index contributed by atoms with van der Waals surface area (Å²) in [4.78, 5) is 46.9. The zero-order chi connectivity index (χ0) is 25.6. The molecule has 0 heterocycles. The SMILES string of the molecule is O=C(OCC(COC(=O)C(O)CO)(COC(=O)C(O)CO)COC(=O)C(O)CO)C(O)CO. The van der Waals surface area contributed by atoms with Gasteiger partial charge in [-0.2, -0.15) is 0 Å². The third kappa shape index (κ3) is 10.8. The maximum Gasteiger partial charge on any atom is 0.337 e. The first kappa shape index (κ1) is 30.6. The Labute approximate surface area is 186 Å². The molecule has 0 fully saturated rings. The zero-order valence-corrected chi connectivity index (χ0v) is 17.3. The van der Waals surface area contributed by atoms with Crippen molar-refractivity contribution in [1.29, 1.82) is 0 Å². The molecule has 4 unspecified atom stereocenters. The van der Waals surface area contributed by atoms with Crippen LogP contribution >= 0.6 is 0 Å². The smallest absolute Gasteiger partial charge is 0.337 e. The summed E-state index contributed by atoms with van der Waals surface area (Å²) >= 11 is 0. The predicted molar refractivity (Wildman–Crippen MR) is 98.6 cm³/mol. The number of hydrogen-bond donors (Lipinski definition) is 8. The molecule has 0 saturated carbocycles. The van der Waals surface area contributed by atoms with Crippen molar-refractivity contribution < 1.29 is 79.0 Å². The van der Waals surface area contributed by atoms with Gasteiger partial charge in [0, 0.05) is 0 Å². The average molecular weight is 488 g/mol. The Morgan fingerprint density at radius 2 is 0.667 bits per heavy atom. The first-order valence-electron chi connectivity index (χ1n) is 9.29. The van der Waals surface area contributed by atoms with Crippen LogP contribution in [0.4, 0.5) is 0 Å². The van der Waals surface area contributed by atoms with Crippen molar-refractivity contribution in [3.8, 4) is 0 Å². The van der Waals surface area contributed by atoms with E-state index in [1.165, 1.54) is 0 Å². The number of esters is 4. The van der Waals surface area contributed by atoms with Gasteiger partial charge in [-0.3, -0.25) is 0 Å². The molecule has 0 aliphatic heterocycles. The molecule has 0 amide bonds. The van der Waals surface area contributed by atoms with Gasteiger partial charge in [0.1, 0.15) is 31.8 Å². The first-order chi connectivity index (χ1) is 15.5. The van der Waals surface area contributed by atoms with Crippen LogP contribution in [-0.4, -0.2) is 142 Å². The summed E-state index contributed by atoms with van der Waals surface area (Å²) in [7, 11) is 0. The number of aliphatic hydroxyl groups excluding tert-OH is 8. The maximum absolute atomic E-state index is 11.7. The van der Waals surface area contributed by atoms with E-state index < -0.39 is 107 Å². The highest BCUT2D eigenvalue weighted by molar-refractivity contribution is 5.76. The molecule has 16 heteroatoms. The van der Waals surface area contributed by atoms with Crippen LogP contribution < -0.4 is 0 Å². The fraction of sp³-hybridized carbons (Fsp3) is 0.765. The minimum Gasteiger partial charge on any atom is -0.463 e. The average Bonchev–Trinajstić information content (AvgIpc) is 2.84. The number of ether oxygens (including phenoxy) is 4. The third-order valence-electron chi connectivity index (χ3n) is 3.86. The highest BCUT2D eigenvalue weighted by Crippen LogP contribution is 2.22. The molecule has 0 saturated heterocycles. The van der Waals surface area contributed by atoms with Crippen molar-refractivity contribution in [2.45, 2.75) is 24.4 Å². The minimum absolute atomic E-state index is 0.920. The Morgan fingerprint density at radius 3 is 0.818 bits per heavy atom. The fourth-order valence-corrected chi connectivity index (χ4v) is 1.83. The summed E-state index contributed by atoms with van der Waals surface area (Å²) < 4.78 is 19.0. The first-order valence-corrected chi connectivity index (χ1v) is 9.29. The van der Waals surface area contributed by atoms with Crippen LogP contribution in [0.2, 0.25) is 0 Å². The Hall–Kier alpha value is -2.44. The van der Waals surface area contributed by atoms with Crippen LogP contribution in [0.5, 0.6) is 0 Å². The number of carbonyl (C=O) groups excluding carboxylic acids is 4. The largest absolute Gasteiger partial charge is 0.463 e. The van der Waals surface area contributed by atoms with Gasteiger partial charge in [0.2, 0.25) is 0 Å². The van der Waals surface area contributed by atoms with Crippen molar-refractivity contribution in [3.05, 3.63) is 0 Å². The lowest BCUT2D eigenvalue weighted by atomic mass is 9.92. The van der Waals surface area contributed by atoms with Crippen LogP contribution in [0.25, 0.3) is 0 Å². The molecule has 0 radical (unpaired) electrons. The van der Waals surface area contributed by atoms with Crippen LogP contribution in [0.3, 0.4) is 0 Å². The second-order valence-corrected chi connectivity index (χ2v) is 6.72. The number of hydrogen-bond acceptors (Lipinski definition) is 16. The van der Waals surface area contributed by atoms with E-state index in [1.54, 1.807) is 0 Å². The predicted octanol–water partition coefficient (Wildman–Crippen LogP) is -6.44. The molecule has 0 aromatic carbocycles. The molecule has 8 N–H and O–H groups in total. The van der Waals surface area contributed by atoms with Crippen LogP contribution in [0, 0.1) is 5.41 Å². The number of rotatable bonds is 16. The highest BCUT2D eigenvalue weighted by Gasteiger charge is 2.40. The van der Waals surface area contributed by atoms with E-state index in [1.807, 2.05) is 0 Å². The molecule has 0 aromatic rings. The standard InChI is InChI=1S/C17H28O16/c18-1-9(22)13(26)30-5-17(6-31-14(27)10(23)2-19,7-32-15(28)11(24)3-20)8-33-16(29)12(25)4-21/h9-12,18-25H,1-8H2. The lowest BCUT2D eigenvalue weighted by Gasteiger charge is -2.32. The van der Waals surface area contributed by atoms with Crippen molar-refractivity contribution >= 4 is 23.9 Å². The molecule has 0 bridgehead atoms. The Morgan fingerprint density at radius 1 is 0.485 bits per heavy atom. The highest BCUT2D eigenvalue weighted by atomic mass is 16.6. The monoisotopic (exact) mass is 488 g/mol. The van der Waals surface area contributed by atoms with Gasteiger partial charge >= 0.3 is 23.9 Å². The Balaban J connectivity index is 5.79. The van der Waals surface area contributed by atoms with Crippen LogP contribution in [0.1, 0.15) is 0 Å². The topological polar surface area (TPSA) is 267 Å². The van der Waals surface area contributed by atoms with E-state index in [-0.39, 0.29) is 0 Å². The summed E-state index contributed by atoms with van der Waals surface area (Å²) in [5, 5.41) is 72.6. The Bertz CT molecular complexity index is 527. The minimum atomic E-state index is -1.99. The molecular formula is C17H28O16. The molecule has 33 heavy (non-hydrogen) atoms. The zero-order valence-electron chi connectivity index (χ0n) is 17.3. The molecular weight excluding hydrogens is 460 g/mol. The third-order valence-corrected chi connectivity index (χ3v) is 3.86. The van der Waals surface area contributed by atoms with E-state index in [4.69, 9.17) is 39.4 Å². The second-order valence-electron chi connectivity index (χ2n) is 6.72. The Kier molecular flexibility index (Phi) is 14.3. The number of carbonyl (C=O) groups is 4. The van der Waals surface area contributed by atoms with E-state index in [0.717, 1.165) is 0 Å². The summed E-state index contributed by atoms with van der Waals surface area (Å²) in [5.41, 5.74) is -1.98. The van der Waals surface area contributed by atoms with Crippen molar-refractivity contribution in [2.75, 3.05) is 52.9 Å². The quantitative estimate of drug-likeness (QED) is 0.0741. The van der Waals surface area contributed by atoms with E-state index in [2.05, 4.69) is 0 Å². The van der Waals surface area contributed by atoms with Crippen LogP contribution in [0.15, 0.2) is 0 Å². The molecule has 16 nitrogen and oxygen atoms in total. The van der Waals surface area contributed by atoms with E-state index >= 15 is 0 Å². The van der Waals surface area contributed by atoms with Gasteiger partial charge in [-0.25, -0.2) is 19.2 Å². The summed E-state index contributed by atoms with van der Waals surface area (Å²) in [6.45, 7) is -7.80. The number of aliphatic hydroxyl groups is 8. The van der Waals surface area contributed by atoms with E-state index in [9.17, 15) is 39.6 Å². The van der Waals surface area contributed by atoms with Gasteiger partial charge in [-0.05, 0) is 0 Å². The molecule has 0 spiro atoms. The van der Waals surface area contributed by atoms with Crippen LogP contribution in [-0.2, 0) is 38.1 Å². The molecule has 0 aromatic heterocycles. The summed E-state index contributed by atoms with van der Waals surface area (Å²) in [5.74, 6) is -5.53. The van der Waals surface area contributed by atoms with Gasteiger partial charge in [0.25, 0.3) is 0 Å². The van der Waals surface area contributed by atoms with Crippen molar-refractivity contribution in [2.24, 2.45) is 5.41 Å². The molecule has 0 aliphatic carbocycles. The lowest BCUT2D eigenvalue weighted by Crippen LogP contribution is -2.47. The fourth-order valence-electron chi connectivity index (χ4n) is 1.83. The lowest BCUT2D eigenvalue weighted by molar-refractivity contribution is -0.182. The van der Waals surface area contributed by atoms with E-state index in [0.29, 0.717) is 0 Å². The molecule has 0 rings (SSSR count). The van der Waals surface area contributed by atoms with Crippen molar-refractivity contribution in [3.63, 3.8) is 0 Å². The summed E-state index contributed by atoms with van der Waals surface area (Å²) in [6, 6.07) is 0. The summed E-state index contributed by atoms with van der Waals surface area (Å²) in [6.07, 6.45) is -7.95. The van der Waals surface area contributed by atoms with Gasteiger partial charge in [-0.15, -0.1) is 0 Å². The molecule has 0 aliphatic rings. The normalized spacial score (nSPS) is 16.5. The van der Waals surface area contributed by atoms with Gasteiger partial charge in [-0.1, -0.05) is 0 Å². The molecule has 4 atom stereocenters. The molecule has 192 valence electrons. The second kappa shape index (κ2) is 15.4. The maximum atomic E-state index is 11.7.